The third kappa shape index (κ3) is 3.91. The molecule has 204 valence electrons. The maximum Gasteiger partial charge on any atom is 0.416 e. The first-order valence-corrected chi connectivity index (χ1v) is 11.8. The molecule has 4 heterocycles. The summed E-state index contributed by atoms with van der Waals surface area (Å²) < 4.78 is 39.1. The van der Waals surface area contributed by atoms with Crippen LogP contribution in [0.4, 0.5) is 13.2 Å². The van der Waals surface area contributed by atoms with E-state index in [1.54, 1.807) is 0 Å². The zero-order valence-corrected chi connectivity index (χ0v) is 19.8. The Morgan fingerprint density at radius 2 is 1.92 bits per heavy atom. The molecule has 13 nitrogen and oxygen atoms in total. The van der Waals surface area contributed by atoms with Gasteiger partial charge < -0.3 is 21.3 Å². The second-order valence-electron chi connectivity index (χ2n) is 9.71. The number of halogens is 3. The summed E-state index contributed by atoms with van der Waals surface area (Å²) in [5.74, 6) is -4.51. The van der Waals surface area contributed by atoms with Crippen LogP contribution in [-0.4, -0.2) is 92.3 Å². The second kappa shape index (κ2) is 8.56. The summed E-state index contributed by atoms with van der Waals surface area (Å²) >= 11 is 0. The quantitative estimate of drug-likeness (QED) is 0.143. The molecule has 0 saturated carbocycles. The fourth-order valence-corrected chi connectivity index (χ4v) is 5.62. The van der Waals surface area contributed by atoms with Crippen LogP contribution in [0.3, 0.4) is 0 Å². The van der Waals surface area contributed by atoms with Gasteiger partial charge in [0.2, 0.25) is 23.5 Å². The Kier molecular flexibility index (Phi) is 5.79. The number of alkyl halides is 3. The number of rotatable bonds is 5. The zero-order valence-electron chi connectivity index (χ0n) is 19.8. The van der Waals surface area contributed by atoms with Gasteiger partial charge in [0.25, 0.3) is 5.66 Å². The number of hydrogen-bond donors (Lipinski definition) is 7. The van der Waals surface area contributed by atoms with Gasteiger partial charge in [-0.3, -0.25) is 34.9 Å². The van der Waals surface area contributed by atoms with Crippen LogP contribution < -0.4 is 27.1 Å². The average Bonchev–Trinajstić information content (AvgIpc) is 3.41. The number of imide groups is 1. The Hall–Kier alpha value is -3.92. The minimum atomic E-state index is -4.59. The van der Waals surface area contributed by atoms with Crippen LogP contribution >= 0.6 is 0 Å². The first-order chi connectivity index (χ1) is 17.7. The summed E-state index contributed by atoms with van der Waals surface area (Å²) in [4.78, 5) is 46.7. The lowest BCUT2D eigenvalue weighted by Crippen LogP contribution is -2.90. The summed E-state index contributed by atoms with van der Waals surface area (Å²) in [7, 11) is 0. The monoisotopic (exact) mass is 539 g/mol. The standard InChI is InChI=1S/C22H25F3N8O5/c23-22(24,25)11-3-1-2-10(6-11)7-14(34)29-13-9-33-19(27)28-12(8-32-15(35)4-5-16(32)36)17-20(33,21(13,37)38)31-18(26)30-17/h1-3,6,12-13,17,37-38H,4-5,7-9H2,(H2,27,28)(H,29,34)(H3,26,30,31)/p+1/t12-,13-,17-,20?/m0/s1. The number of amides is 3. The lowest BCUT2D eigenvalue weighted by molar-refractivity contribution is -0.521. The predicted octanol–water partition coefficient (Wildman–Crippen LogP) is -4.36. The third-order valence-electron chi connectivity index (χ3n) is 7.36. The van der Waals surface area contributed by atoms with E-state index in [1.807, 2.05) is 0 Å². The molecule has 9 N–H and O–H groups in total. The van der Waals surface area contributed by atoms with Crippen molar-refractivity contribution in [2.24, 2.45) is 16.5 Å². The average molecular weight is 539 g/mol. The van der Waals surface area contributed by atoms with Crippen molar-refractivity contribution in [1.82, 2.24) is 20.4 Å². The van der Waals surface area contributed by atoms with E-state index in [0.29, 0.717) is 0 Å². The molecule has 4 atom stereocenters. The van der Waals surface area contributed by atoms with Crippen molar-refractivity contribution in [2.45, 2.75) is 55.0 Å². The van der Waals surface area contributed by atoms with Crippen molar-refractivity contribution in [3.05, 3.63) is 35.4 Å². The van der Waals surface area contributed by atoms with Crippen molar-refractivity contribution in [1.29, 1.82) is 0 Å². The van der Waals surface area contributed by atoms with E-state index in [-0.39, 0.29) is 43.4 Å². The smallest absolute Gasteiger partial charge is 0.370 e. The Labute approximate surface area is 213 Å². The van der Waals surface area contributed by atoms with E-state index in [4.69, 9.17) is 11.5 Å². The highest BCUT2D eigenvalue weighted by molar-refractivity contribution is 6.02. The van der Waals surface area contributed by atoms with Crippen molar-refractivity contribution >= 4 is 29.6 Å². The molecular weight excluding hydrogens is 513 g/mol. The molecule has 2 fully saturated rings. The molecular formula is C22H26F3N8O5+. The van der Waals surface area contributed by atoms with Crippen LogP contribution in [0.1, 0.15) is 24.0 Å². The molecule has 16 heteroatoms. The van der Waals surface area contributed by atoms with Crippen molar-refractivity contribution in [3.63, 3.8) is 0 Å². The van der Waals surface area contributed by atoms with E-state index in [0.717, 1.165) is 17.0 Å². The predicted molar refractivity (Wildman–Crippen MR) is 122 cm³/mol. The minimum Gasteiger partial charge on any atom is -0.370 e. The van der Waals surface area contributed by atoms with Crippen LogP contribution in [0, 0.1) is 0 Å². The molecule has 1 aromatic carbocycles. The Morgan fingerprint density at radius 1 is 1.24 bits per heavy atom. The highest BCUT2D eigenvalue weighted by Gasteiger charge is 2.76. The van der Waals surface area contributed by atoms with Crippen LogP contribution in [0.5, 0.6) is 0 Å². The van der Waals surface area contributed by atoms with Crippen LogP contribution in [0.15, 0.2) is 29.3 Å². The molecule has 0 aliphatic carbocycles. The summed E-state index contributed by atoms with van der Waals surface area (Å²) in [5, 5.41) is 28.1. The molecule has 0 aromatic heterocycles. The fraction of sp³-hybridized carbons (Fsp3) is 0.500. The molecule has 0 bridgehead atoms. The highest BCUT2D eigenvalue weighted by Crippen LogP contribution is 2.41. The normalized spacial score (nSPS) is 30.0. The first-order valence-electron chi connectivity index (χ1n) is 11.8. The topological polar surface area (TPSA) is 201 Å². The van der Waals surface area contributed by atoms with Crippen LogP contribution in [-0.2, 0) is 27.0 Å². The maximum absolute atomic E-state index is 13.0. The van der Waals surface area contributed by atoms with Crippen LogP contribution in [0.2, 0.25) is 0 Å². The van der Waals surface area contributed by atoms with Crippen LogP contribution in [0.25, 0.3) is 0 Å². The number of nitrogens with zero attached hydrogens (tertiary/aromatic N) is 3. The number of hydrogen-bond acceptors (Lipinski definition) is 10. The summed E-state index contributed by atoms with van der Waals surface area (Å²) in [5.41, 5.74) is 9.44. The number of guanidine groups is 2. The number of nitrogens with one attached hydrogen (secondary N) is 3. The minimum absolute atomic E-state index is 0.0521. The number of nitrogens with two attached hydrogens (primary N) is 2. The Morgan fingerprint density at radius 3 is 2.58 bits per heavy atom. The Bertz CT molecular complexity index is 1250. The van der Waals surface area contributed by atoms with Gasteiger partial charge in [-0.25, -0.2) is 10.3 Å². The summed E-state index contributed by atoms with van der Waals surface area (Å²) in [6, 6.07) is 0.926. The largest absolute Gasteiger partial charge is 0.416 e. The Balaban J connectivity index is 1.39. The first kappa shape index (κ1) is 25.7. The summed E-state index contributed by atoms with van der Waals surface area (Å²) in [6.45, 7) is -0.438. The molecule has 2 saturated heterocycles. The van der Waals surface area contributed by atoms with Gasteiger partial charge in [0.05, 0.1) is 25.1 Å². The number of aliphatic hydroxyl groups is 2. The van der Waals surface area contributed by atoms with Crippen molar-refractivity contribution in [2.75, 3.05) is 13.1 Å². The second-order valence-corrected chi connectivity index (χ2v) is 9.71. The van der Waals surface area contributed by atoms with E-state index >= 15 is 0 Å². The molecule has 0 radical (unpaired) electrons. The molecule has 38 heavy (non-hydrogen) atoms. The van der Waals surface area contributed by atoms with Gasteiger partial charge in [-0.05, 0) is 11.6 Å². The molecule has 1 spiro atoms. The molecule has 3 amide bonds. The summed E-state index contributed by atoms with van der Waals surface area (Å²) in [6.07, 6.45) is -4.94. The van der Waals surface area contributed by atoms with Gasteiger partial charge in [-0.1, -0.05) is 18.2 Å². The van der Waals surface area contributed by atoms with Crippen molar-refractivity contribution in [3.8, 4) is 0 Å². The number of likely N-dealkylation sites (tertiary alicyclic amines) is 1. The number of aliphatic imine (C=N–C) groups is 1. The fourth-order valence-electron chi connectivity index (χ4n) is 5.62. The maximum atomic E-state index is 13.0. The number of carbonyl (C=O) groups is 3. The van der Waals surface area contributed by atoms with E-state index in [9.17, 15) is 37.8 Å². The molecule has 4 aliphatic rings. The van der Waals surface area contributed by atoms with E-state index in [2.05, 4.69) is 20.6 Å². The van der Waals surface area contributed by atoms with Gasteiger partial charge in [0, 0.05) is 12.8 Å². The number of carbonyl (C=O) groups excluding carboxylic acids is 3. The number of benzene rings is 1. The van der Waals surface area contributed by atoms with E-state index < -0.39 is 65.5 Å². The molecule has 4 aliphatic heterocycles. The van der Waals surface area contributed by atoms with Gasteiger partial charge >= 0.3 is 12.1 Å². The van der Waals surface area contributed by atoms with Gasteiger partial charge in [-0.2, -0.15) is 13.2 Å². The lowest BCUT2D eigenvalue weighted by Gasteiger charge is -2.46. The van der Waals surface area contributed by atoms with Gasteiger partial charge in [0.1, 0.15) is 12.1 Å². The molecule has 1 unspecified atom stereocenters. The zero-order chi connectivity index (χ0) is 27.6. The van der Waals surface area contributed by atoms with Crippen molar-refractivity contribution < 1.29 is 42.8 Å². The van der Waals surface area contributed by atoms with Gasteiger partial charge in [0.15, 0.2) is 12.0 Å². The SMILES string of the molecule is NC1=N[C@@H](CN2C(=O)CCC2=O)[C@@H]2[NH+]=C(N)NC23N1C[C@H](NC(=O)Cc1cccc(C(F)(F)F)c1)C3(O)O. The lowest BCUT2D eigenvalue weighted by atomic mass is 9.84. The van der Waals surface area contributed by atoms with Gasteiger partial charge in [-0.15, -0.1) is 0 Å². The highest BCUT2D eigenvalue weighted by atomic mass is 19.4. The van der Waals surface area contributed by atoms with E-state index in [1.165, 1.54) is 17.0 Å². The third-order valence-corrected chi connectivity index (χ3v) is 7.36. The molecule has 5 rings (SSSR count). The molecule has 1 aromatic rings.